The highest BCUT2D eigenvalue weighted by molar-refractivity contribution is 5.57. The molecular weight excluding hydrogens is 224 g/mol. The van der Waals surface area contributed by atoms with Crippen molar-refractivity contribution in [2.45, 2.75) is 20.8 Å². The number of hydrogen-bond donors (Lipinski definition) is 1. The molecule has 0 aromatic carbocycles. The van der Waals surface area contributed by atoms with Gasteiger partial charge in [0.1, 0.15) is 11.4 Å². The summed E-state index contributed by atoms with van der Waals surface area (Å²) in [4.78, 5) is 12.6. The number of rotatable bonds is 0. The van der Waals surface area contributed by atoms with E-state index in [-0.39, 0.29) is 0 Å². The Morgan fingerprint density at radius 1 is 0.944 bits per heavy atom. The molecule has 18 heavy (non-hydrogen) atoms. The van der Waals surface area contributed by atoms with E-state index in [1.807, 2.05) is 20.8 Å². The fraction of sp³-hybridized carbons (Fsp3) is 0.214. The minimum Gasteiger partial charge on any atom is -0.398 e. The maximum atomic E-state index is 5.94. The van der Waals surface area contributed by atoms with E-state index in [1.165, 1.54) is 0 Å². The van der Waals surface area contributed by atoms with Crippen LogP contribution in [0, 0.1) is 32.6 Å². The SMILES string of the molecule is Cc1cnc(C#Cc2ncc(C)c(N)c2C)cn1. The Hall–Kier alpha value is -2.41. The molecule has 4 heteroatoms. The third-order valence-electron chi connectivity index (χ3n) is 2.66. The first-order valence-corrected chi connectivity index (χ1v) is 5.60. The van der Waals surface area contributed by atoms with E-state index in [0.29, 0.717) is 11.4 Å². The molecule has 2 N–H and O–H groups in total. The Morgan fingerprint density at radius 2 is 1.72 bits per heavy atom. The number of aromatic nitrogens is 3. The molecule has 0 saturated heterocycles. The predicted molar refractivity (Wildman–Crippen MR) is 70.9 cm³/mol. The lowest BCUT2D eigenvalue weighted by atomic mass is 10.1. The minimum absolute atomic E-state index is 0.626. The van der Waals surface area contributed by atoms with Gasteiger partial charge in [-0.25, -0.2) is 9.97 Å². The lowest BCUT2D eigenvalue weighted by Gasteiger charge is -2.04. The lowest BCUT2D eigenvalue weighted by Crippen LogP contribution is -1.99. The van der Waals surface area contributed by atoms with Crippen molar-refractivity contribution in [2.75, 3.05) is 5.73 Å². The van der Waals surface area contributed by atoms with E-state index in [1.54, 1.807) is 18.6 Å². The maximum absolute atomic E-state index is 5.94. The van der Waals surface area contributed by atoms with Crippen molar-refractivity contribution >= 4 is 5.69 Å². The zero-order valence-electron chi connectivity index (χ0n) is 10.7. The van der Waals surface area contributed by atoms with Crippen LogP contribution in [0.25, 0.3) is 0 Å². The van der Waals surface area contributed by atoms with Gasteiger partial charge in [-0.05, 0) is 38.2 Å². The van der Waals surface area contributed by atoms with E-state index in [2.05, 4.69) is 26.8 Å². The fourth-order valence-electron chi connectivity index (χ4n) is 1.46. The summed E-state index contributed by atoms with van der Waals surface area (Å²) in [5.74, 6) is 5.91. The van der Waals surface area contributed by atoms with Crippen LogP contribution in [0.5, 0.6) is 0 Å². The lowest BCUT2D eigenvalue weighted by molar-refractivity contribution is 1.10. The zero-order valence-corrected chi connectivity index (χ0v) is 10.7. The van der Waals surface area contributed by atoms with Crippen molar-refractivity contribution in [3.8, 4) is 11.8 Å². The van der Waals surface area contributed by atoms with E-state index in [0.717, 1.165) is 22.5 Å². The summed E-state index contributed by atoms with van der Waals surface area (Å²) >= 11 is 0. The van der Waals surface area contributed by atoms with E-state index < -0.39 is 0 Å². The van der Waals surface area contributed by atoms with Crippen molar-refractivity contribution in [3.63, 3.8) is 0 Å². The molecule has 0 amide bonds. The molecule has 0 atom stereocenters. The van der Waals surface area contributed by atoms with Gasteiger partial charge < -0.3 is 5.73 Å². The molecule has 0 fully saturated rings. The Bertz CT molecular complexity index is 633. The van der Waals surface area contributed by atoms with Crippen molar-refractivity contribution in [2.24, 2.45) is 0 Å². The highest BCUT2D eigenvalue weighted by atomic mass is 14.8. The summed E-state index contributed by atoms with van der Waals surface area (Å²) in [7, 11) is 0. The van der Waals surface area contributed by atoms with E-state index in [4.69, 9.17) is 5.73 Å². The molecule has 0 aliphatic heterocycles. The standard InChI is InChI=1S/C14H14N4/c1-9-6-18-13(11(3)14(9)15)5-4-12-8-16-10(2)7-17-12/h6-8H,1-3H3,(H2,15,18). The van der Waals surface area contributed by atoms with Gasteiger partial charge in [-0.2, -0.15) is 0 Å². The molecule has 0 unspecified atom stereocenters. The monoisotopic (exact) mass is 238 g/mol. The minimum atomic E-state index is 0.626. The fourth-order valence-corrected chi connectivity index (χ4v) is 1.46. The van der Waals surface area contributed by atoms with Crippen LogP contribution < -0.4 is 5.73 Å². The number of nitrogens with two attached hydrogens (primary N) is 1. The Kier molecular flexibility index (Phi) is 3.24. The highest BCUT2D eigenvalue weighted by Crippen LogP contribution is 2.16. The quantitative estimate of drug-likeness (QED) is 0.710. The summed E-state index contributed by atoms with van der Waals surface area (Å²) < 4.78 is 0. The first kappa shape index (κ1) is 12.1. The van der Waals surface area contributed by atoms with Gasteiger partial charge in [0.2, 0.25) is 0 Å². The van der Waals surface area contributed by atoms with Crippen LogP contribution in [0.15, 0.2) is 18.6 Å². The first-order chi connectivity index (χ1) is 8.58. The molecular formula is C14H14N4. The Balaban J connectivity index is 2.36. The van der Waals surface area contributed by atoms with Gasteiger partial charge in [0.25, 0.3) is 0 Å². The molecule has 0 bridgehead atoms. The number of anilines is 1. The van der Waals surface area contributed by atoms with Gasteiger partial charge in [-0.3, -0.25) is 4.98 Å². The molecule has 2 rings (SSSR count). The van der Waals surface area contributed by atoms with Gasteiger partial charge >= 0.3 is 0 Å². The second-order valence-electron chi connectivity index (χ2n) is 4.12. The van der Waals surface area contributed by atoms with Gasteiger partial charge in [0.15, 0.2) is 0 Å². The average molecular weight is 238 g/mol. The summed E-state index contributed by atoms with van der Waals surface area (Å²) in [5, 5.41) is 0. The maximum Gasteiger partial charge on any atom is 0.131 e. The molecule has 0 aliphatic rings. The number of nitrogens with zero attached hydrogens (tertiary/aromatic N) is 3. The molecule has 0 radical (unpaired) electrons. The van der Waals surface area contributed by atoms with E-state index in [9.17, 15) is 0 Å². The highest BCUT2D eigenvalue weighted by Gasteiger charge is 2.03. The second-order valence-corrected chi connectivity index (χ2v) is 4.12. The Labute approximate surface area is 106 Å². The van der Waals surface area contributed by atoms with Gasteiger partial charge in [0, 0.05) is 23.6 Å². The van der Waals surface area contributed by atoms with Crippen LogP contribution in [0.2, 0.25) is 0 Å². The Morgan fingerprint density at radius 3 is 2.39 bits per heavy atom. The van der Waals surface area contributed by atoms with Gasteiger partial charge in [-0.1, -0.05) is 0 Å². The van der Waals surface area contributed by atoms with E-state index >= 15 is 0 Å². The van der Waals surface area contributed by atoms with Crippen molar-refractivity contribution in [1.82, 2.24) is 15.0 Å². The van der Waals surface area contributed by atoms with Crippen LogP contribution in [0.1, 0.15) is 28.2 Å². The van der Waals surface area contributed by atoms with Gasteiger partial charge in [0.05, 0.1) is 11.9 Å². The number of aryl methyl sites for hydroxylation is 2. The van der Waals surface area contributed by atoms with Crippen molar-refractivity contribution in [3.05, 3.63) is 46.8 Å². The average Bonchev–Trinajstić information content (AvgIpc) is 2.37. The molecule has 2 aromatic heterocycles. The topological polar surface area (TPSA) is 64.7 Å². The summed E-state index contributed by atoms with van der Waals surface area (Å²) in [5.41, 5.74) is 10.7. The van der Waals surface area contributed by atoms with Crippen LogP contribution in [0.4, 0.5) is 5.69 Å². The summed E-state index contributed by atoms with van der Waals surface area (Å²) in [6.45, 7) is 5.73. The molecule has 0 spiro atoms. The number of pyridine rings is 1. The molecule has 2 heterocycles. The third-order valence-corrected chi connectivity index (χ3v) is 2.66. The van der Waals surface area contributed by atoms with Gasteiger partial charge in [-0.15, -0.1) is 0 Å². The molecule has 2 aromatic rings. The molecule has 0 saturated carbocycles. The number of nitrogen functional groups attached to an aromatic ring is 1. The largest absolute Gasteiger partial charge is 0.398 e. The zero-order chi connectivity index (χ0) is 13.1. The second kappa shape index (κ2) is 4.84. The van der Waals surface area contributed by atoms with Crippen LogP contribution in [0.3, 0.4) is 0 Å². The smallest absolute Gasteiger partial charge is 0.131 e. The first-order valence-electron chi connectivity index (χ1n) is 5.60. The molecule has 0 aliphatic carbocycles. The number of hydrogen-bond acceptors (Lipinski definition) is 4. The summed E-state index contributed by atoms with van der Waals surface area (Å²) in [6, 6.07) is 0. The van der Waals surface area contributed by atoms with Crippen molar-refractivity contribution in [1.29, 1.82) is 0 Å². The molecule has 4 nitrogen and oxygen atoms in total. The summed E-state index contributed by atoms with van der Waals surface area (Å²) in [6.07, 6.45) is 5.07. The van der Waals surface area contributed by atoms with Crippen LogP contribution in [-0.4, -0.2) is 15.0 Å². The van der Waals surface area contributed by atoms with Crippen molar-refractivity contribution < 1.29 is 0 Å². The third kappa shape index (κ3) is 2.46. The molecule has 90 valence electrons. The predicted octanol–water partition coefficient (Wildman–Crippen LogP) is 1.78. The van der Waals surface area contributed by atoms with Crippen LogP contribution in [-0.2, 0) is 0 Å². The van der Waals surface area contributed by atoms with Crippen LogP contribution >= 0.6 is 0 Å². The normalized spacial score (nSPS) is 9.72.